The van der Waals surface area contributed by atoms with E-state index in [4.69, 9.17) is 0 Å². The van der Waals surface area contributed by atoms with Crippen LogP contribution in [0.4, 0.5) is 11.4 Å². The van der Waals surface area contributed by atoms with Crippen LogP contribution in [0.3, 0.4) is 0 Å². The zero-order chi connectivity index (χ0) is 21.0. The number of hydrogen-bond donors (Lipinski definition) is 2. The molecule has 0 saturated carbocycles. The molecule has 1 aliphatic heterocycles. The first-order chi connectivity index (χ1) is 15.3. The Morgan fingerprint density at radius 3 is 2.87 bits per heavy atom. The number of aromatic nitrogens is 3. The van der Waals surface area contributed by atoms with E-state index in [1.165, 1.54) is 16.8 Å². The quantitative estimate of drug-likeness (QED) is 0.408. The molecule has 1 amide bonds. The Kier molecular flexibility index (Phi) is 5.73. The Hall–Kier alpha value is -3.10. The van der Waals surface area contributed by atoms with Crippen LogP contribution in [0.15, 0.2) is 71.5 Å². The van der Waals surface area contributed by atoms with Gasteiger partial charge in [-0.2, -0.15) is 5.10 Å². The molecule has 0 radical (unpaired) electrons. The van der Waals surface area contributed by atoms with Gasteiger partial charge < -0.3 is 10.2 Å². The van der Waals surface area contributed by atoms with Crippen LogP contribution < -0.4 is 10.2 Å². The van der Waals surface area contributed by atoms with Crippen molar-refractivity contribution >= 4 is 40.4 Å². The first-order valence-corrected chi connectivity index (χ1v) is 11.9. The molecule has 0 saturated heterocycles. The molecule has 3 heterocycles. The highest BCUT2D eigenvalue weighted by molar-refractivity contribution is 7.98. The summed E-state index contributed by atoms with van der Waals surface area (Å²) in [7, 11) is 0. The number of anilines is 2. The summed E-state index contributed by atoms with van der Waals surface area (Å²) in [4.78, 5) is 20.8. The summed E-state index contributed by atoms with van der Waals surface area (Å²) in [6.07, 6.45) is 2.54. The molecule has 4 aromatic rings. The van der Waals surface area contributed by atoms with Crippen LogP contribution in [0.1, 0.15) is 26.4 Å². The molecule has 156 valence electrons. The standard InChI is InChI=1S/C23H21N5OS2/c29-22(17-7-5-16(6-8-17)14-31-23-24-15-25-27-23)26-19-3-1-2-4-20(19)28-11-9-21-18(13-28)10-12-30-21/h1-8,10,12,15H,9,11,13-14H2,(H,26,29)(H,24,25,27). The molecule has 0 spiro atoms. The number of rotatable bonds is 6. The molecule has 2 aromatic carbocycles. The molecular formula is C23H21N5OS2. The van der Waals surface area contributed by atoms with Crippen LogP contribution in [-0.4, -0.2) is 27.6 Å². The number of thioether (sulfide) groups is 1. The van der Waals surface area contributed by atoms with Gasteiger partial charge in [-0.25, -0.2) is 4.98 Å². The lowest BCUT2D eigenvalue weighted by molar-refractivity contribution is 0.102. The van der Waals surface area contributed by atoms with Crippen molar-refractivity contribution < 1.29 is 4.79 Å². The number of fused-ring (bicyclic) bond motifs is 1. The third kappa shape index (κ3) is 4.50. The number of H-pyrrole nitrogens is 1. The third-order valence-electron chi connectivity index (χ3n) is 5.29. The van der Waals surface area contributed by atoms with E-state index in [9.17, 15) is 4.79 Å². The molecule has 0 bridgehead atoms. The predicted molar refractivity (Wildman–Crippen MR) is 126 cm³/mol. The molecule has 6 nitrogen and oxygen atoms in total. The smallest absolute Gasteiger partial charge is 0.255 e. The van der Waals surface area contributed by atoms with Crippen LogP contribution in [-0.2, 0) is 18.7 Å². The average Bonchev–Trinajstić information content (AvgIpc) is 3.50. The molecule has 2 aromatic heterocycles. The van der Waals surface area contributed by atoms with Gasteiger partial charge in [0.05, 0.1) is 11.4 Å². The number of aromatic amines is 1. The Balaban J connectivity index is 1.26. The van der Waals surface area contributed by atoms with E-state index in [-0.39, 0.29) is 5.91 Å². The van der Waals surface area contributed by atoms with Gasteiger partial charge in [-0.15, -0.1) is 11.3 Å². The van der Waals surface area contributed by atoms with Gasteiger partial charge in [-0.1, -0.05) is 36.0 Å². The Morgan fingerprint density at radius 1 is 1.16 bits per heavy atom. The van der Waals surface area contributed by atoms with Gasteiger partial charge in [-0.3, -0.25) is 9.89 Å². The van der Waals surface area contributed by atoms with E-state index in [0.29, 0.717) is 5.56 Å². The largest absolute Gasteiger partial charge is 0.365 e. The zero-order valence-electron chi connectivity index (χ0n) is 16.7. The fourth-order valence-electron chi connectivity index (χ4n) is 3.67. The lowest BCUT2D eigenvalue weighted by Crippen LogP contribution is -2.30. The maximum Gasteiger partial charge on any atom is 0.255 e. The van der Waals surface area contributed by atoms with E-state index in [0.717, 1.165) is 47.4 Å². The van der Waals surface area contributed by atoms with Crippen molar-refractivity contribution in [3.8, 4) is 0 Å². The normalized spacial score (nSPS) is 13.1. The summed E-state index contributed by atoms with van der Waals surface area (Å²) in [5.41, 5.74) is 5.06. The molecule has 0 unspecified atom stereocenters. The maximum absolute atomic E-state index is 12.9. The van der Waals surface area contributed by atoms with Crippen molar-refractivity contribution in [2.45, 2.75) is 23.9 Å². The van der Waals surface area contributed by atoms with E-state index in [1.54, 1.807) is 11.8 Å². The van der Waals surface area contributed by atoms with E-state index < -0.39 is 0 Å². The lowest BCUT2D eigenvalue weighted by Gasteiger charge is -2.30. The molecule has 0 atom stereocenters. The number of thiophene rings is 1. The third-order valence-corrected chi connectivity index (χ3v) is 7.26. The van der Waals surface area contributed by atoms with Crippen molar-refractivity contribution in [3.05, 3.63) is 87.9 Å². The van der Waals surface area contributed by atoms with Gasteiger partial charge in [0.25, 0.3) is 5.91 Å². The number of benzene rings is 2. The summed E-state index contributed by atoms with van der Waals surface area (Å²) in [5.74, 6) is 0.662. The van der Waals surface area contributed by atoms with Gasteiger partial charge in [-0.05, 0) is 53.3 Å². The van der Waals surface area contributed by atoms with Crippen LogP contribution in [0.25, 0.3) is 0 Å². The molecule has 5 rings (SSSR count). The Labute approximate surface area is 188 Å². The monoisotopic (exact) mass is 447 g/mol. The van der Waals surface area contributed by atoms with Crippen LogP contribution in [0.2, 0.25) is 0 Å². The van der Waals surface area contributed by atoms with Crippen molar-refractivity contribution in [3.63, 3.8) is 0 Å². The highest BCUT2D eigenvalue weighted by Gasteiger charge is 2.20. The van der Waals surface area contributed by atoms with Crippen LogP contribution in [0, 0.1) is 0 Å². The van der Waals surface area contributed by atoms with Gasteiger partial charge >= 0.3 is 0 Å². The molecule has 0 fully saturated rings. The molecule has 0 aliphatic carbocycles. The molecule has 1 aliphatic rings. The molecular weight excluding hydrogens is 426 g/mol. The van der Waals surface area contributed by atoms with E-state index in [2.05, 4.69) is 42.9 Å². The van der Waals surface area contributed by atoms with Crippen molar-refractivity contribution in [2.24, 2.45) is 0 Å². The van der Waals surface area contributed by atoms with Gasteiger partial charge in [0, 0.05) is 29.3 Å². The second kappa shape index (κ2) is 8.95. The van der Waals surface area contributed by atoms with Gasteiger partial charge in [0.15, 0.2) is 5.16 Å². The Bertz CT molecular complexity index is 1170. The van der Waals surface area contributed by atoms with Gasteiger partial charge in [0.1, 0.15) is 6.33 Å². The van der Waals surface area contributed by atoms with Crippen molar-refractivity contribution in [2.75, 3.05) is 16.8 Å². The maximum atomic E-state index is 12.9. The Morgan fingerprint density at radius 2 is 2.03 bits per heavy atom. The highest BCUT2D eigenvalue weighted by atomic mass is 32.2. The first kappa shape index (κ1) is 19.8. The minimum atomic E-state index is -0.102. The number of carbonyl (C=O) groups excluding carboxylic acids is 1. The summed E-state index contributed by atoms with van der Waals surface area (Å²) >= 11 is 3.41. The molecule has 2 N–H and O–H groups in total. The van der Waals surface area contributed by atoms with E-state index >= 15 is 0 Å². The number of nitrogens with zero attached hydrogens (tertiary/aromatic N) is 3. The average molecular weight is 448 g/mol. The number of para-hydroxylation sites is 2. The first-order valence-electron chi connectivity index (χ1n) is 10.0. The van der Waals surface area contributed by atoms with Crippen molar-refractivity contribution in [1.29, 1.82) is 0 Å². The number of carbonyl (C=O) groups is 1. The topological polar surface area (TPSA) is 73.9 Å². The zero-order valence-corrected chi connectivity index (χ0v) is 18.4. The molecule has 31 heavy (non-hydrogen) atoms. The lowest BCUT2D eigenvalue weighted by atomic mass is 10.1. The van der Waals surface area contributed by atoms with Gasteiger partial charge in [0.2, 0.25) is 0 Å². The van der Waals surface area contributed by atoms with Crippen LogP contribution >= 0.6 is 23.1 Å². The fourth-order valence-corrected chi connectivity index (χ4v) is 5.30. The summed E-state index contributed by atoms with van der Waals surface area (Å²) in [5, 5.41) is 12.7. The highest BCUT2D eigenvalue weighted by Crippen LogP contribution is 2.32. The van der Waals surface area contributed by atoms with Crippen molar-refractivity contribution in [1.82, 2.24) is 15.2 Å². The van der Waals surface area contributed by atoms with Crippen LogP contribution in [0.5, 0.6) is 0 Å². The second-order valence-corrected chi connectivity index (χ2v) is 9.25. The fraction of sp³-hybridized carbons (Fsp3) is 0.174. The second-order valence-electron chi connectivity index (χ2n) is 7.29. The number of hydrogen-bond acceptors (Lipinski definition) is 6. The van der Waals surface area contributed by atoms with E-state index in [1.807, 2.05) is 53.8 Å². The SMILES string of the molecule is O=C(Nc1ccccc1N1CCc2sccc2C1)c1ccc(CSc2ncn[nH]2)cc1. The summed E-state index contributed by atoms with van der Waals surface area (Å²) in [6, 6.07) is 17.9. The summed E-state index contributed by atoms with van der Waals surface area (Å²) in [6.45, 7) is 1.83. The summed E-state index contributed by atoms with van der Waals surface area (Å²) < 4.78 is 0. The molecule has 8 heteroatoms. The predicted octanol–water partition coefficient (Wildman–Crippen LogP) is 4.97. The number of amides is 1. The minimum absolute atomic E-state index is 0.102. The number of nitrogens with one attached hydrogen (secondary N) is 2. The minimum Gasteiger partial charge on any atom is -0.365 e.